The van der Waals surface area contributed by atoms with Crippen molar-refractivity contribution in [3.05, 3.63) is 46.3 Å². The summed E-state index contributed by atoms with van der Waals surface area (Å²) in [6.45, 7) is 2.44. The molecule has 2 aromatic rings. The Labute approximate surface area is 140 Å². The zero-order valence-corrected chi connectivity index (χ0v) is 13.6. The fourth-order valence-corrected chi connectivity index (χ4v) is 2.94. The summed E-state index contributed by atoms with van der Waals surface area (Å²) in [6.07, 6.45) is 2.55. The van der Waals surface area contributed by atoms with Gasteiger partial charge in [-0.05, 0) is 37.9 Å². The average molecular weight is 330 g/mol. The van der Waals surface area contributed by atoms with Crippen molar-refractivity contribution in [3.63, 3.8) is 0 Å². The molecule has 0 bridgehead atoms. The van der Waals surface area contributed by atoms with E-state index in [1.165, 1.54) is 0 Å². The van der Waals surface area contributed by atoms with Gasteiger partial charge in [0, 0.05) is 25.1 Å². The number of nitrogens with two attached hydrogens (primary N) is 1. The number of amides is 1. The van der Waals surface area contributed by atoms with Gasteiger partial charge >= 0.3 is 5.63 Å². The third kappa shape index (κ3) is 3.66. The zero-order chi connectivity index (χ0) is 16.9. The molecule has 0 atom stereocenters. The van der Waals surface area contributed by atoms with Crippen molar-refractivity contribution in [2.75, 3.05) is 26.2 Å². The minimum absolute atomic E-state index is 0.0937. The molecule has 1 fully saturated rings. The summed E-state index contributed by atoms with van der Waals surface area (Å²) in [4.78, 5) is 26.4. The number of para-hydroxylation sites is 1. The highest BCUT2D eigenvalue weighted by molar-refractivity contribution is 5.96. The highest BCUT2D eigenvalue weighted by Crippen LogP contribution is 2.18. The molecule has 1 aromatic heterocycles. The van der Waals surface area contributed by atoms with E-state index in [2.05, 4.69) is 0 Å². The molecule has 0 radical (unpaired) electrons. The predicted octanol–water partition coefficient (Wildman–Crippen LogP) is 1.76. The molecule has 1 aliphatic heterocycles. The van der Waals surface area contributed by atoms with Gasteiger partial charge in [-0.15, -0.1) is 0 Å². The molecular formula is C18H22N2O4. The van der Waals surface area contributed by atoms with Crippen LogP contribution in [0, 0.1) is 0 Å². The number of piperidine rings is 1. The van der Waals surface area contributed by atoms with Crippen molar-refractivity contribution in [2.45, 2.75) is 25.4 Å². The van der Waals surface area contributed by atoms with Crippen LogP contribution in [0.3, 0.4) is 0 Å². The van der Waals surface area contributed by atoms with Crippen LogP contribution in [0.5, 0.6) is 0 Å². The Bertz CT molecular complexity index is 763. The van der Waals surface area contributed by atoms with Gasteiger partial charge in [-0.3, -0.25) is 4.79 Å². The van der Waals surface area contributed by atoms with E-state index in [0.717, 1.165) is 24.6 Å². The van der Waals surface area contributed by atoms with Crippen LogP contribution in [-0.4, -0.2) is 43.2 Å². The molecule has 1 amide bonds. The Hall–Kier alpha value is -2.18. The van der Waals surface area contributed by atoms with Gasteiger partial charge in [0.05, 0.1) is 6.10 Å². The van der Waals surface area contributed by atoms with Crippen molar-refractivity contribution < 1.29 is 13.9 Å². The van der Waals surface area contributed by atoms with Crippen molar-refractivity contribution in [2.24, 2.45) is 5.73 Å². The topological polar surface area (TPSA) is 85.8 Å². The molecule has 0 unspecified atom stereocenters. The molecule has 3 rings (SSSR count). The van der Waals surface area contributed by atoms with Crippen molar-refractivity contribution in [1.82, 2.24) is 4.90 Å². The van der Waals surface area contributed by atoms with Gasteiger partial charge in [-0.1, -0.05) is 18.2 Å². The SMILES string of the molecule is NCCCOC1CCN(C(=O)c2cc3ccccc3oc2=O)CC1. The van der Waals surface area contributed by atoms with E-state index in [-0.39, 0.29) is 17.6 Å². The number of carbonyl (C=O) groups excluding carboxylic acids is 1. The first kappa shape index (κ1) is 16.7. The van der Waals surface area contributed by atoms with Crippen LogP contribution in [-0.2, 0) is 4.74 Å². The number of ether oxygens (including phenoxy) is 1. The summed E-state index contributed by atoms with van der Waals surface area (Å²) in [5, 5.41) is 0.750. The van der Waals surface area contributed by atoms with Gasteiger partial charge in [0.1, 0.15) is 11.1 Å². The molecule has 0 saturated carbocycles. The molecule has 6 nitrogen and oxygen atoms in total. The van der Waals surface area contributed by atoms with E-state index in [4.69, 9.17) is 14.9 Å². The van der Waals surface area contributed by atoms with Gasteiger partial charge in [0.2, 0.25) is 0 Å². The number of carbonyl (C=O) groups is 1. The third-order valence-corrected chi connectivity index (χ3v) is 4.30. The second-order valence-corrected chi connectivity index (χ2v) is 5.99. The molecule has 2 heterocycles. The van der Waals surface area contributed by atoms with Crippen LogP contribution >= 0.6 is 0 Å². The molecule has 1 aliphatic rings. The number of rotatable bonds is 5. The molecule has 1 saturated heterocycles. The molecule has 0 aliphatic carbocycles. The number of hydrogen-bond donors (Lipinski definition) is 1. The van der Waals surface area contributed by atoms with Crippen LogP contribution in [0.4, 0.5) is 0 Å². The highest BCUT2D eigenvalue weighted by atomic mass is 16.5. The third-order valence-electron chi connectivity index (χ3n) is 4.30. The Morgan fingerprint density at radius 1 is 1.29 bits per heavy atom. The maximum absolute atomic E-state index is 12.6. The zero-order valence-electron chi connectivity index (χ0n) is 13.6. The molecule has 2 N–H and O–H groups in total. The van der Waals surface area contributed by atoms with Gasteiger partial charge < -0.3 is 19.8 Å². The molecule has 1 aromatic carbocycles. The highest BCUT2D eigenvalue weighted by Gasteiger charge is 2.26. The summed E-state index contributed by atoms with van der Waals surface area (Å²) in [5.41, 5.74) is 5.45. The normalized spacial score (nSPS) is 15.8. The molecule has 0 spiro atoms. The summed E-state index contributed by atoms with van der Waals surface area (Å²) < 4.78 is 11.0. The molecule has 6 heteroatoms. The summed E-state index contributed by atoms with van der Waals surface area (Å²) >= 11 is 0. The smallest absolute Gasteiger partial charge is 0.349 e. The maximum atomic E-state index is 12.6. The molecule has 128 valence electrons. The van der Waals surface area contributed by atoms with E-state index in [1.807, 2.05) is 12.1 Å². The lowest BCUT2D eigenvalue weighted by Crippen LogP contribution is -2.42. The van der Waals surface area contributed by atoms with Gasteiger partial charge in [-0.2, -0.15) is 0 Å². The Kier molecular flexibility index (Phi) is 5.27. The largest absolute Gasteiger partial charge is 0.422 e. The van der Waals surface area contributed by atoms with E-state index >= 15 is 0 Å². The minimum atomic E-state index is -0.583. The van der Waals surface area contributed by atoms with Gasteiger partial charge in [0.15, 0.2) is 0 Å². The second kappa shape index (κ2) is 7.59. The number of fused-ring (bicyclic) bond motifs is 1. The lowest BCUT2D eigenvalue weighted by atomic mass is 10.1. The van der Waals surface area contributed by atoms with Gasteiger partial charge in [-0.25, -0.2) is 4.79 Å². The van der Waals surface area contributed by atoms with Crippen molar-refractivity contribution in [1.29, 1.82) is 0 Å². The first-order chi connectivity index (χ1) is 11.7. The summed E-state index contributed by atoms with van der Waals surface area (Å²) in [6, 6.07) is 8.80. The number of nitrogens with zero attached hydrogens (tertiary/aromatic N) is 1. The first-order valence-corrected chi connectivity index (χ1v) is 8.33. The number of hydrogen-bond acceptors (Lipinski definition) is 5. The quantitative estimate of drug-likeness (QED) is 0.667. The fraction of sp³-hybridized carbons (Fsp3) is 0.444. The lowest BCUT2D eigenvalue weighted by Gasteiger charge is -2.31. The van der Waals surface area contributed by atoms with E-state index in [0.29, 0.717) is 31.8 Å². The van der Waals surface area contributed by atoms with Crippen LogP contribution in [0.25, 0.3) is 11.0 Å². The monoisotopic (exact) mass is 330 g/mol. The van der Waals surface area contributed by atoms with Crippen LogP contribution < -0.4 is 11.4 Å². The molecule has 24 heavy (non-hydrogen) atoms. The van der Waals surface area contributed by atoms with E-state index in [1.54, 1.807) is 23.1 Å². The Morgan fingerprint density at radius 3 is 2.79 bits per heavy atom. The lowest BCUT2D eigenvalue weighted by molar-refractivity contribution is 0.00835. The number of likely N-dealkylation sites (tertiary alicyclic amines) is 1. The van der Waals surface area contributed by atoms with Gasteiger partial charge in [0.25, 0.3) is 5.91 Å². The van der Waals surface area contributed by atoms with Crippen molar-refractivity contribution >= 4 is 16.9 Å². The fourth-order valence-electron chi connectivity index (χ4n) is 2.94. The Morgan fingerprint density at radius 2 is 2.04 bits per heavy atom. The standard InChI is InChI=1S/C18H22N2O4/c19-8-3-11-23-14-6-9-20(10-7-14)17(21)15-12-13-4-1-2-5-16(13)24-18(15)22/h1-2,4-5,12,14H,3,6-11,19H2. The predicted molar refractivity (Wildman–Crippen MR) is 91.0 cm³/mol. The van der Waals surface area contributed by atoms with Crippen molar-refractivity contribution in [3.8, 4) is 0 Å². The van der Waals surface area contributed by atoms with Crippen LogP contribution in [0.15, 0.2) is 39.5 Å². The van der Waals surface area contributed by atoms with E-state index < -0.39 is 5.63 Å². The number of benzene rings is 1. The van der Waals surface area contributed by atoms with Crippen LogP contribution in [0.2, 0.25) is 0 Å². The maximum Gasteiger partial charge on any atom is 0.349 e. The summed E-state index contributed by atoms with van der Waals surface area (Å²) in [7, 11) is 0. The molecular weight excluding hydrogens is 308 g/mol. The average Bonchev–Trinajstić information content (AvgIpc) is 2.61. The van der Waals surface area contributed by atoms with E-state index in [9.17, 15) is 9.59 Å². The Balaban J connectivity index is 1.67. The van der Waals surface area contributed by atoms with Crippen LogP contribution in [0.1, 0.15) is 29.6 Å². The minimum Gasteiger partial charge on any atom is -0.422 e. The summed E-state index contributed by atoms with van der Waals surface area (Å²) in [5.74, 6) is -0.269. The second-order valence-electron chi connectivity index (χ2n) is 5.99. The first-order valence-electron chi connectivity index (χ1n) is 8.33.